The van der Waals surface area contributed by atoms with Crippen LogP contribution >= 0.6 is 12.4 Å². The predicted octanol–water partition coefficient (Wildman–Crippen LogP) is 2.68. The number of rotatable bonds is 4. The van der Waals surface area contributed by atoms with Crippen LogP contribution in [-0.4, -0.2) is 32.7 Å². The molecule has 118 valence electrons. The number of nitrogens with one attached hydrogen (secondary N) is 2. The Hall–Kier alpha value is -1.10. The van der Waals surface area contributed by atoms with E-state index in [1.165, 1.54) is 0 Å². The Morgan fingerprint density at radius 3 is 2.62 bits per heavy atom. The molecule has 0 saturated carbocycles. The summed E-state index contributed by atoms with van der Waals surface area (Å²) in [6.07, 6.45) is 1.63. The fourth-order valence-corrected chi connectivity index (χ4v) is 2.74. The first-order valence-electron chi connectivity index (χ1n) is 7.16. The third kappa shape index (κ3) is 4.19. The van der Waals surface area contributed by atoms with E-state index < -0.39 is 5.41 Å². The molecule has 1 heterocycles. The van der Waals surface area contributed by atoms with Gasteiger partial charge in [0.15, 0.2) is 0 Å². The molecule has 0 radical (unpaired) electrons. The number of benzene rings is 1. The van der Waals surface area contributed by atoms with Crippen LogP contribution in [0, 0.1) is 19.3 Å². The van der Waals surface area contributed by atoms with E-state index in [0.717, 1.165) is 42.7 Å². The molecule has 1 aliphatic heterocycles. The van der Waals surface area contributed by atoms with Crippen LogP contribution < -0.4 is 10.6 Å². The zero-order valence-corrected chi connectivity index (χ0v) is 13.8. The number of piperidine rings is 1. The maximum Gasteiger partial charge on any atom is 0.233 e. The summed E-state index contributed by atoms with van der Waals surface area (Å²) in [6.45, 7) is 6.25. The zero-order chi connectivity index (χ0) is 14.6. The first kappa shape index (κ1) is 18.0. The van der Waals surface area contributed by atoms with Gasteiger partial charge in [-0.3, -0.25) is 4.79 Å². The van der Waals surface area contributed by atoms with E-state index >= 15 is 0 Å². The molecule has 5 heteroatoms. The average Bonchev–Trinajstić information content (AvgIpc) is 2.44. The van der Waals surface area contributed by atoms with Crippen LogP contribution in [0.5, 0.6) is 0 Å². The van der Waals surface area contributed by atoms with Crippen molar-refractivity contribution in [1.29, 1.82) is 0 Å². The third-order valence-corrected chi connectivity index (χ3v) is 4.10. The van der Waals surface area contributed by atoms with Crippen molar-refractivity contribution in [1.82, 2.24) is 5.32 Å². The van der Waals surface area contributed by atoms with Gasteiger partial charge in [0.1, 0.15) is 0 Å². The lowest BCUT2D eigenvalue weighted by atomic mass is 9.78. The van der Waals surface area contributed by atoms with Crippen molar-refractivity contribution < 1.29 is 9.53 Å². The lowest BCUT2D eigenvalue weighted by Crippen LogP contribution is -2.47. The number of amides is 1. The highest BCUT2D eigenvalue weighted by Gasteiger charge is 2.39. The van der Waals surface area contributed by atoms with Crippen molar-refractivity contribution in [2.24, 2.45) is 5.41 Å². The van der Waals surface area contributed by atoms with E-state index in [9.17, 15) is 4.79 Å². The quantitative estimate of drug-likeness (QED) is 0.898. The molecule has 0 atom stereocenters. The molecule has 1 amide bonds. The molecule has 2 rings (SSSR count). The summed E-state index contributed by atoms with van der Waals surface area (Å²) in [5.41, 5.74) is 2.74. The van der Waals surface area contributed by atoms with Gasteiger partial charge in [0, 0.05) is 12.8 Å². The molecular formula is C16H25ClN2O2. The monoisotopic (exact) mass is 312 g/mol. The van der Waals surface area contributed by atoms with E-state index in [4.69, 9.17) is 4.74 Å². The summed E-state index contributed by atoms with van der Waals surface area (Å²) in [5, 5.41) is 6.40. The molecule has 0 aliphatic carbocycles. The van der Waals surface area contributed by atoms with Gasteiger partial charge in [-0.25, -0.2) is 0 Å². The lowest BCUT2D eigenvalue weighted by Gasteiger charge is -2.35. The van der Waals surface area contributed by atoms with Crippen molar-refractivity contribution in [3.05, 3.63) is 29.3 Å². The van der Waals surface area contributed by atoms with Crippen LogP contribution in [0.1, 0.15) is 24.0 Å². The normalized spacial score (nSPS) is 16.9. The van der Waals surface area contributed by atoms with Crippen molar-refractivity contribution in [3.63, 3.8) is 0 Å². The number of ether oxygens (including phenoxy) is 1. The van der Waals surface area contributed by atoms with E-state index in [0.29, 0.717) is 6.61 Å². The zero-order valence-electron chi connectivity index (χ0n) is 13.0. The molecule has 1 aromatic rings. The van der Waals surface area contributed by atoms with Gasteiger partial charge >= 0.3 is 0 Å². The van der Waals surface area contributed by atoms with Gasteiger partial charge in [-0.1, -0.05) is 12.1 Å². The van der Waals surface area contributed by atoms with E-state index in [2.05, 4.69) is 16.7 Å². The second-order valence-corrected chi connectivity index (χ2v) is 5.74. The van der Waals surface area contributed by atoms with Crippen molar-refractivity contribution in [3.8, 4) is 0 Å². The van der Waals surface area contributed by atoms with Gasteiger partial charge in [0.05, 0.1) is 12.0 Å². The number of methoxy groups -OCH3 is 1. The van der Waals surface area contributed by atoms with Gasteiger partial charge in [0.25, 0.3) is 0 Å². The van der Waals surface area contributed by atoms with Crippen LogP contribution in [0.15, 0.2) is 18.2 Å². The van der Waals surface area contributed by atoms with Crippen LogP contribution in [0.25, 0.3) is 0 Å². The minimum Gasteiger partial charge on any atom is -0.384 e. The molecule has 0 bridgehead atoms. The van der Waals surface area contributed by atoms with Gasteiger partial charge in [-0.2, -0.15) is 0 Å². The smallest absolute Gasteiger partial charge is 0.233 e. The second-order valence-electron chi connectivity index (χ2n) is 5.74. The SMILES string of the molecule is COCC1(C(=O)Nc2cc(C)ccc2C)CCNCC1.Cl. The van der Waals surface area contributed by atoms with Gasteiger partial charge in [-0.05, 0) is 57.0 Å². The Morgan fingerprint density at radius 2 is 2.00 bits per heavy atom. The summed E-state index contributed by atoms with van der Waals surface area (Å²) in [6, 6.07) is 6.12. The van der Waals surface area contributed by atoms with Crippen LogP contribution in [0.2, 0.25) is 0 Å². The fourth-order valence-electron chi connectivity index (χ4n) is 2.74. The standard InChI is InChI=1S/C16H24N2O2.ClH/c1-12-4-5-13(2)14(10-12)18-15(19)16(11-20-3)6-8-17-9-7-16;/h4-5,10,17H,6-9,11H2,1-3H3,(H,18,19);1H. The van der Waals surface area contributed by atoms with Crippen molar-refractivity contribution >= 4 is 24.0 Å². The number of carbonyl (C=O) groups is 1. The molecule has 0 unspecified atom stereocenters. The van der Waals surface area contributed by atoms with Crippen LogP contribution in [0.3, 0.4) is 0 Å². The molecule has 1 aliphatic rings. The number of anilines is 1. The average molecular weight is 313 g/mol. The summed E-state index contributed by atoms with van der Waals surface area (Å²) >= 11 is 0. The molecule has 1 fully saturated rings. The number of hydrogen-bond donors (Lipinski definition) is 2. The second kappa shape index (κ2) is 7.78. The van der Waals surface area contributed by atoms with Gasteiger partial charge < -0.3 is 15.4 Å². The highest BCUT2D eigenvalue weighted by atomic mass is 35.5. The Balaban J connectivity index is 0.00000220. The first-order chi connectivity index (χ1) is 9.57. The van der Waals surface area contributed by atoms with Gasteiger partial charge in [-0.15, -0.1) is 12.4 Å². The molecule has 2 N–H and O–H groups in total. The number of hydrogen-bond acceptors (Lipinski definition) is 3. The largest absolute Gasteiger partial charge is 0.384 e. The third-order valence-electron chi connectivity index (χ3n) is 4.10. The highest BCUT2D eigenvalue weighted by molar-refractivity contribution is 5.96. The number of aryl methyl sites for hydroxylation is 2. The van der Waals surface area contributed by atoms with Crippen molar-refractivity contribution in [2.75, 3.05) is 32.1 Å². The van der Waals surface area contributed by atoms with Crippen LogP contribution in [-0.2, 0) is 9.53 Å². The Kier molecular flexibility index (Phi) is 6.65. The van der Waals surface area contributed by atoms with Gasteiger partial charge in [0.2, 0.25) is 5.91 Å². The summed E-state index contributed by atoms with van der Waals surface area (Å²) in [4.78, 5) is 12.7. The first-order valence-corrected chi connectivity index (χ1v) is 7.16. The predicted molar refractivity (Wildman–Crippen MR) is 88.2 cm³/mol. The minimum absolute atomic E-state index is 0. The Morgan fingerprint density at radius 1 is 1.33 bits per heavy atom. The Bertz CT molecular complexity index is 480. The summed E-state index contributed by atoms with van der Waals surface area (Å²) < 4.78 is 5.31. The number of halogens is 1. The van der Waals surface area contributed by atoms with Crippen molar-refractivity contribution in [2.45, 2.75) is 26.7 Å². The minimum atomic E-state index is -0.407. The topological polar surface area (TPSA) is 50.4 Å². The summed E-state index contributed by atoms with van der Waals surface area (Å²) in [5.74, 6) is 0.0783. The molecule has 0 spiro atoms. The number of carbonyl (C=O) groups excluding carboxylic acids is 1. The van der Waals surface area contributed by atoms with E-state index in [-0.39, 0.29) is 18.3 Å². The lowest BCUT2D eigenvalue weighted by molar-refractivity contribution is -0.130. The molecule has 0 aromatic heterocycles. The Labute approximate surface area is 133 Å². The molecule has 4 nitrogen and oxygen atoms in total. The molecule has 1 saturated heterocycles. The fraction of sp³-hybridized carbons (Fsp3) is 0.562. The molecule has 21 heavy (non-hydrogen) atoms. The van der Waals surface area contributed by atoms with Crippen LogP contribution in [0.4, 0.5) is 5.69 Å². The van der Waals surface area contributed by atoms with E-state index in [1.807, 2.05) is 26.0 Å². The summed E-state index contributed by atoms with van der Waals surface area (Å²) in [7, 11) is 1.66. The van der Waals surface area contributed by atoms with E-state index in [1.54, 1.807) is 7.11 Å². The highest BCUT2D eigenvalue weighted by Crippen LogP contribution is 2.31. The molecule has 1 aromatic carbocycles. The molecular weight excluding hydrogens is 288 g/mol. The maximum atomic E-state index is 12.7. The maximum absolute atomic E-state index is 12.7.